The molecule has 0 spiro atoms. The summed E-state index contributed by atoms with van der Waals surface area (Å²) >= 11 is 0. The minimum atomic E-state index is -1.31. The van der Waals surface area contributed by atoms with Crippen LogP contribution in [0.25, 0.3) is 0 Å². The van der Waals surface area contributed by atoms with Crippen LogP contribution in [-0.4, -0.2) is 47.7 Å². The Labute approximate surface area is 224 Å². The third kappa shape index (κ3) is 7.01. The molecule has 0 fully saturated rings. The fourth-order valence-corrected chi connectivity index (χ4v) is 3.87. The molecule has 0 radical (unpaired) electrons. The number of nitro benzene ring substituents is 1. The van der Waals surface area contributed by atoms with E-state index in [1.165, 1.54) is 31.1 Å². The van der Waals surface area contributed by atoms with Gasteiger partial charge in [0.05, 0.1) is 29.3 Å². The van der Waals surface area contributed by atoms with Gasteiger partial charge >= 0.3 is 17.7 Å². The first-order valence-corrected chi connectivity index (χ1v) is 11.8. The molecule has 0 unspecified atom stereocenters. The fraction of sp³-hybridized carbons (Fsp3) is 0.222. The van der Waals surface area contributed by atoms with Crippen molar-refractivity contribution >= 4 is 40.7 Å². The Bertz CT molecular complexity index is 1410. The molecular formula is C27H28N4O8. The third-order valence-corrected chi connectivity index (χ3v) is 5.77. The van der Waals surface area contributed by atoms with Gasteiger partial charge in [0, 0.05) is 30.4 Å². The Morgan fingerprint density at radius 2 is 1.72 bits per heavy atom. The number of ether oxygens (including phenoxy) is 2. The number of amides is 3. The van der Waals surface area contributed by atoms with Crippen LogP contribution in [0.1, 0.15) is 29.8 Å². The zero-order valence-electron chi connectivity index (χ0n) is 21.8. The summed E-state index contributed by atoms with van der Waals surface area (Å²) in [4.78, 5) is 48.4. The summed E-state index contributed by atoms with van der Waals surface area (Å²) in [5.74, 6) is -1.47. The van der Waals surface area contributed by atoms with Gasteiger partial charge in [-0.25, -0.2) is 9.59 Å². The summed E-state index contributed by atoms with van der Waals surface area (Å²) in [6.07, 6.45) is 0. The van der Waals surface area contributed by atoms with Crippen molar-refractivity contribution < 1.29 is 33.9 Å². The minimum Gasteiger partial charge on any atom is -0.494 e. The van der Waals surface area contributed by atoms with E-state index in [-0.39, 0.29) is 23.8 Å². The number of nitrogens with zero attached hydrogens (tertiary/aromatic N) is 2. The predicted octanol–water partition coefficient (Wildman–Crippen LogP) is 5.07. The van der Waals surface area contributed by atoms with Crippen molar-refractivity contribution in [2.24, 2.45) is 0 Å². The molecule has 0 aliphatic carbocycles. The number of nitro groups is 1. The molecule has 3 rings (SSSR count). The second-order valence-electron chi connectivity index (χ2n) is 8.57. The van der Waals surface area contributed by atoms with Crippen molar-refractivity contribution in [3.05, 3.63) is 81.9 Å². The first kappa shape index (κ1) is 28.4. The lowest BCUT2D eigenvalue weighted by atomic mass is 10.2. The Balaban J connectivity index is 1.77. The van der Waals surface area contributed by atoms with Crippen LogP contribution in [0.2, 0.25) is 0 Å². The second kappa shape index (κ2) is 12.4. The van der Waals surface area contributed by atoms with Crippen molar-refractivity contribution in [3.8, 4) is 11.5 Å². The monoisotopic (exact) mass is 536 g/mol. The molecule has 0 aromatic heterocycles. The number of hydrogen-bond donors (Lipinski definition) is 3. The SMILES string of the molecule is COc1cc(N(C(C)=O)[C@@H](C)COc2ccc(C(=O)O)cc2[N+](=O)[O-])ccc1NC(=O)Nc1ccccc1C. The van der Waals surface area contributed by atoms with Crippen LogP contribution in [0.15, 0.2) is 60.7 Å². The Morgan fingerprint density at radius 3 is 2.33 bits per heavy atom. The van der Waals surface area contributed by atoms with E-state index in [9.17, 15) is 24.5 Å². The predicted molar refractivity (Wildman–Crippen MR) is 145 cm³/mol. The highest BCUT2D eigenvalue weighted by Gasteiger charge is 2.24. The van der Waals surface area contributed by atoms with E-state index in [0.717, 1.165) is 11.6 Å². The van der Waals surface area contributed by atoms with Gasteiger partial charge in [0.1, 0.15) is 12.4 Å². The summed E-state index contributed by atoms with van der Waals surface area (Å²) in [6.45, 7) is 4.78. The van der Waals surface area contributed by atoms with Gasteiger partial charge in [0.15, 0.2) is 5.75 Å². The average molecular weight is 537 g/mol. The molecule has 3 aromatic rings. The molecule has 12 nitrogen and oxygen atoms in total. The van der Waals surface area contributed by atoms with Crippen molar-refractivity contribution in [1.29, 1.82) is 0 Å². The van der Waals surface area contributed by atoms with Crippen LogP contribution in [-0.2, 0) is 4.79 Å². The van der Waals surface area contributed by atoms with Gasteiger partial charge in [-0.05, 0) is 49.7 Å². The molecule has 39 heavy (non-hydrogen) atoms. The number of carbonyl (C=O) groups is 3. The lowest BCUT2D eigenvalue weighted by Gasteiger charge is -2.29. The summed E-state index contributed by atoms with van der Waals surface area (Å²) in [5, 5.41) is 26.0. The number of aromatic carboxylic acids is 1. The third-order valence-electron chi connectivity index (χ3n) is 5.77. The molecule has 0 saturated carbocycles. The Hall–Kier alpha value is -5.13. The highest BCUT2D eigenvalue weighted by molar-refractivity contribution is 6.01. The summed E-state index contributed by atoms with van der Waals surface area (Å²) < 4.78 is 11.1. The molecule has 12 heteroatoms. The van der Waals surface area contributed by atoms with E-state index < -0.39 is 28.7 Å². The van der Waals surface area contributed by atoms with Gasteiger partial charge in [-0.1, -0.05) is 18.2 Å². The fourth-order valence-electron chi connectivity index (χ4n) is 3.87. The van der Waals surface area contributed by atoms with Crippen molar-refractivity contribution in [2.75, 3.05) is 29.3 Å². The van der Waals surface area contributed by atoms with Crippen LogP contribution in [0, 0.1) is 17.0 Å². The van der Waals surface area contributed by atoms with E-state index in [1.54, 1.807) is 31.2 Å². The number of benzene rings is 3. The van der Waals surface area contributed by atoms with E-state index in [4.69, 9.17) is 14.6 Å². The standard InChI is InChI=1S/C27H28N4O8/c1-16-7-5-6-8-21(16)28-27(35)29-22-11-10-20(14-25(22)38-4)30(18(3)32)17(2)15-39-24-12-9-19(26(33)34)13-23(24)31(36)37/h5-14,17H,15H2,1-4H3,(H,33,34)(H2,28,29,35)/t17-/m0/s1. The highest BCUT2D eigenvalue weighted by atomic mass is 16.6. The number of hydrogen-bond acceptors (Lipinski definition) is 7. The van der Waals surface area contributed by atoms with E-state index >= 15 is 0 Å². The summed E-state index contributed by atoms with van der Waals surface area (Å²) in [6, 6.07) is 14.4. The zero-order valence-corrected chi connectivity index (χ0v) is 21.8. The molecule has 3 N–H and O–H groups in total. The Morgan fingerprint density at radius 1 is 1.03 bits per heavy atom. The van der Waals surface area contributed by atoms with Crippen LogP contribution in [0.3, 0.4) is 0 Å². The highest BCUT2D eigenvalue weighted by Crippen LogP contribution is 2.32. The van der Waals surface area contributed by atoms with Gasteiger partial charge in [-0.2, -0.15) is 0 Å². The smallest absolute Gasteiger partial charge is 0.335 e. The normalized spacial score (nSPS) is 11.2. The first-order valence-electron chi connectivity index (χ1n) is 11.8. The van der Waals surface area contributed by atoms with Gasteiger partial charge < -0.3 is 30.1 Å². The number of anilines is 3. The number of carbonyl (C=O) groups excluding carboxylic acids is 2. The van der Waals surface area contributed by atoms with Crippen LogP contribution in [0.5, 0.6) is 11.5 Å². The number of para-hydroxylation sites is 1. The molecule has 0 aliphatic rings. The molecule has 204 valence electrons. The maximum absolute atomic E-state index is 12.6. The van der Waals surface area contributed by atoms with E-state index in [0.29, 0.717) is 22.8 Å². The van der Waals surface area contributed by atoms with E-state index in [1.807, 2.05) is 25.1 Å². The topological polar surface area (TPSA) is 160 Å². The summed E-state index contributed by atoms with van der Waals surface area (Å²) in [7, 11) is 1.42. The number of nitrogens with one attached hydrogen (secondary N) is 2. The van der Waals surface area contributed by atoms with Crippen molar-refractivity contribution in [3.63, 3.8) is 0 Å². The van der Waals surface area contributed by atoms with Gasteiger partial charge in [-0.15, -0.1) is 0 Å². The molecule has 1 atom stereocenters. The van der Waals surface area contributed by atoms with Crippen molar-refractivity contribution in [2.45, 2.75) is 26.8 Å². The van der Waals surface area contributed by atoms with Gasteiger partial charge in [0.25, 0.3) is 0 Å². The largest absolute Gasteiger partial charge is 0.494 e. The average Bonchev–Trinajstić information content (AvgIpc) is 2.89. The molecule has 0 bridgehead atoms. The minimum absolute atomic E-state index is 0.128. The molecule has 0 aliphatic heterocycles. The number of carboxylic acid groups (broad SMARTS) is 1. The quantitative estimate of drug-likeness (QED) is 0.239. The van der Waals surface area contributed by atoms with Gasteiger partial charge in [-0.3, -0.25) is 14.9 Å². The summed E-state index contributed by atoms with van der Waals surface area (Å²) in [5.41, 5.74) is 1.61. The zero-order chi connectivity index (χ0) is 28.7. The number of methoxy groups -OCH3 is 1. The van der Waals surface area contributed by atoms with Crippen molar-refractivity contribution in [1.82, 2.24) is 0 Å². The maximum Gasteiger partial charge on any atom is 0.335 e. The van der Waals surface area contributed by atoms with Gasteiger partial charge in [0.2, 0.25) is 5.91 Å². The molecule has 0 heterocycles. The van der Waals surface area contributed by atoms with Crippen LogP contribution in [0.4, 0.5) is 27.5 Å². The van der Waals surface area contributed by atoms with E-state index in [2.05, 4.69) is 10.6 Å². The lowest BCUT2D eigenvalue weighted by Crippen LogP contribution is -2.41. The number of urea groups is 1. The first-order chi connectivity index (χ1) is 18.5. The molecular weight excluding hydrogens is 508 g/mol. The lowest BCUT2D eigenvalue weighted by molar-refractivity contribution is -0.385. The number of aryl methyl sites for hydroxylation is 1. The molecule has 3 aromatic carbocycles. The molecule has 3 amide bonds. The number of carboxylic acids is 1. The van der Waals surface area contributed by atoms with Crippen LogP contribution >= 0.6 is 0 Å². The maximum atomic E-state index is 12.6. The molecule has 0 saturated heterocycles. The Kier molecular flexibility index (Phi) is 9.05. The second-order valence-corrected chi connectivity index (χ2v) is 8.57. The number of rotatable bonds is 10. The van der Waals surface area contributed by atoms with Crippen LogP contribution < -0.4 is 25.0 Å².